The Balaban J connectivity index is 1.99. The van der Waals surface area contributed by atoms with Crippen molar-refractivity contribution in [3.8, 4) is 5.75 Å². The quantitative estimate of drug-likeness (QED) is 0.432. The standard InChI is InChI=1S/C21H20Br2N2O2S/c1-5-25-20(26)18(11-14-9-15(22)19(27-4)16(23)10-14)28-21(25)24-17-8-12(2)6-7-13(17)3/h6-11H,5H2,1-4H3/b18-11+,24-21?. The number of methoxy groups -OCH3 is 1. The first-order chi connectivity index (χ1) is 13.3. The summed E-state index contributed by atoms with van der Waals surface area (Å²) in [6, 6.07) is 10.0. The van der Waals surface area contributed by atoms with Crippen molar-refractivity contribution < 1.29 is 9.53 Å². The molecule has 3 rings (SSSR count). The predicted molar refractivity (Wildman–Crippen MR) is 124 cm³/mol. The largest absolute Gasteiger partial charge is 0.494 e. The molecule has 146 valence electrons. The average Bonchev–Trinajstić information content (AvgIpc) is 2.92. The van der Waals surface area contributed by atoms with Crippen molar-refractivity contribution in [2.75, 3.05) is 13.7 Å². The number of amidine groups is 1. The fourth-order valence-corrected chi connectivity index (χ4v) is 5.42. The van der Waals surface area contributed by atoms with E-state index in [4.69, 9.17) is 9.73 Å². The Bertz CT molecular complexity index is 979. The smallest absolute Gasteiger partial charge is 0.266 e. The second kappa shape index (κ2) is 8.84. The molecule has 1 saturated heterocycles. The number of likely N-dealkylation sites (N-methyl/N-ethyl adjacent to an activating group) is 1. The molecule has 4 nitrogen and oxygen atoms in total. The summed E-state index contributed by atoms with van der Waals surface area (Å²) >= 11 is 8.42. The number of amides is 1. The number of ether oxygens (including phenoxy) is 1. The van der Waals surface area contributed by atoms with Gasteiger partial charge in [0.1, 0.15) is 5.75 Å². The van der Waals surface area contributed by atoms with E-state index in [2.05, 4.69) is 44.0 Å². The van der Waals surface area contributed by atoms with Gasteiger partial charge in [0.05, 0.1) is 26.6 Å². The van der Waals surface area contributed by atoms with Crippen molar-refractivity contribution in [2.24, 2.45) is 4.99 Å². The Labute approximate surface area is 186 Å². The summed E-state index contributed by atoms with van der Waals surface area (Å²) in [4.78, 5) is 20.0. The van der Waals surface area contributed by atoms with Gasteiger partial charge in [0.25, 0.3) is 5.91 Å². The molecule has 0 unspecified atom stereocenters. The molecule has 1 aliphatic heterocycles. The fraction of sp³-hybridized carbons (Fsp3) is 0.238. The minimum absolute atomic E-state index is 0.0281. The molecular formula is C21H20Br2N2O2S. The van der Waals surface area contributed by atoms with Crippen LogP contribution in [0.2, 0.25) is 0 Å². The number of carbonyl (C=O) groups excluding carboxylic acids is 1. The van der Waals surface area contributed by atoms with E-state index < -0.39 is 0 Å². The maximum absolute atomic E-state index is 12.9. The Kier molecular flexibility index (Phi) is 6.68. The van der Waals surface area contributed by atoms with E-state index in [0.29, 0.717) is 16.6 Å². The molecule has 0 aromatic heterocycles. The second-order valence-corrected chi connectivity index (χ2v) is 9.08. The van der Waals surface area contributed by atoms with E-state index in [-0.39, 0.29) is 5.91 Å². The van der Waals surface area contributed by atoms with E-state index in [0.717, 1.165) is 37.1 Å². The highest BCUT2D eigenvalue weighted by Crippen LogP contribution is 2.38. The zero-order chi connectivity index (χ0) is 20.4. The fourth-order valence-electron chi connectivity index (χ4n) is 2.82. The number of thioether (sulfide) groups is 1. The van der Waals surface area contributed by atoms with Gasteiger partial charge in [-0.1, -0.05) is 12.1 Å². The van der Waals surface area contributed by atoms with Gasteiger partial charge in [-0.3, -0.25) is 9.69 Å². The molecule has 1 aliphatic rings. The molecule has 0 spiro atoms. The lowest BCUT2D eigenvalue weighted by Gasteiger charge is -2.12. The first-order valence-corrected chi connectivity index (χ1v) is 11.1. The van der Waals surface area contributed by atoms with Gasteiger partial charge in [-0.15, -0.1) is 0 Å². The highest BCUT2D eigenvalue weighted by molar-refractivity contribution is 9.11. The predicted octanol–water partition coefficient (Wildman–Crippen LogP) is 6.46. The monoisotopic (exact) mass is 522 g/mol. The first-order valence-electron chi connectivity index (χ1n) is 8.74. The van der Waals surface area contributed by atoms with E-state index in [9.17, 15) is 4.79 Å². The van der Waals surface area contributed by atoms with Crippen molar-refractivity contribution in [1.29, 1.82) is 0 Å². The Morgan fingerprint density at radius 2 is 1.86 bits per heavy atom. The molecule has 0 N–H and O–H groups in total. The molecule has 7 heteroatoms. The third kappa shape index (κ3) is 4.36. The lowest BCUT2D eigenvalue weighted by Crippen LogP contribution is -2.28. The summed E-state index contributed by atoms with van der Waals surface area (Å²) < 4.78 is 6.99. The number of nitrogens with zero attached hydrogens (tertiary/aromatic N) is 2. The highest BCUT2D eigenvalue weighted by atomic mass is 79.9. The van der Waals surface area contributed by atoms with Crippen LogP contribution in [-0.4, -0.2) is 29.6 Å². The minimum atomic E-state index is -0.0281. The van der Waals surface area contributed by atoms with Gasteiger partial charge in [-0.2, -0.15) is 0 Å². The van der Waals surface area contributed by atoms with Crippen LogP contribution >= 0.6 is 43.6 Å². The molecule has 1 amide bonds. The van der Waals surface area contributed by atoms with Crippen LogP contribution in [0.15, 0.2) is 49.2 Å². The number of aryl methyl sites for hydroxylation is 2. The third-order valence-electron chi connectivity index (χ3n) is 4.31. The molecule has 0 aliphatic carbocycles. The topological polar surface area (TPSA) is 41.9 Å². The lowest BCUT2D eigenvalue weighted by atomic mass is 10.1. The summed E-state index contributed by atoms with van der Waals surface area (Å²) in [5.74, 6) is 0.694. The highest BCUT2D eigenvalue weighted by Gasteiger charge is 2.32. The molecule has 28 heavy (non-hydrogen) atoms. The number of hydrogen-bond acceptors (Lipinski definition) is 4. The van der Waals surface area contributed by atoms with Crippen LogP contribution in [0.25, 0.3) is 6.08 Å². The van der Waals surface area contributed by atoms with Crippen LogP contribution in [0.1, 0.15) is 23.6 Å². The van der Waals surface area contributed by atoms with Crippen molar-refractivity contribution in [3.63, 3.8) is 0 Å². The SMILES string of the molecule is CCN1C(=O)/C(=C\c2cc(Br)c(OC)c(Br)c2)SC1=Nc1cc(C)ccc1C. The van der Waals surface area contributed by atoms with Crippen LogP contribution in [0.5, 0.6) is 5.75 Å². The summed E-state index contributed by atoms with van der Waals surface area (Å²) in [6.07, 6.45) is 1.89. The molecule has 0 saturated carbocycles. The average molecular weight is 524 g/mol. The van der Waals surface area contributed by atoms with Crippen LogP contribution < -0.4 is 4.74 Å². The molecule has 0 radical (unpaired) electrons. The third-order valence-corrected chi connectivity index (χ3v) is 6.49. The number of halogens is 2. The zero-order valence-electron chi connectivity index (χ0n) is 16.0. The van der Waals surface area contributed by atoms with Gasteiger partial charge in [0, 0.05) is 6.54 Å². The van der Waals surface area contributed by atoms with E-state index in [1.807, 2.05) is 45.0 Å². The Morgan fingerprint density at radius 3 is 2.46 bits per heavy atom. The van der Waals surface area contributed by atoms with Gasteiger partial charge in [-0.05, 0) is 105 Å². The van der Waals surface area contributed by atoms with Gasteiger partial charge in [0.15, 0.2) is 5.17 Å². The minimum Gasteiger partial charge on any atom is -0.494 e. The van der Waals surface area contributed by atoms with Crippen LogP contribution in [-0.2, 0) is 4.79 Å². The van der Waals surface area contributed by atoms with Crippen molar-refractivity contribution in [2.45, 2.75) is 20.8 Å². The van der Waals surface area contributed by atoms with Crippen LogP contribution in [0.4, 0.5) is 5.69 Å². The lowest BCUT2D eigenvalue weighted by molar-refractivity contribution is -0.122. The number of carbonyl (C=O) groups is 1. The molecule has 0 atom stereocenters. The zero-order valence-corrected chi connectivity index (χ0v) is 20.0. The molecule has 1 heterocycles. The summed E-state index contributed by atoms with van der Waals surface area (Å²) in [6.45, 7) is 6.60. The maximum atomic E-state index is 12.9. The molecule has 2 aromatic rings. The second-order valence-electron chi connectivity index (χ2n) is 6.36. The van der Waals surface area contributed by atoms with Gasteiger partial charge < -0.3 is 4.74 Å². The first kappa shape index (κ1) is 21.1. The van der Waals surface area contributed by atoms with E-state index in [1.165, 1.54) is 11.8 Å². The van der Waals surface area contributed by atoms with Crippen molar-refractivity contribution in [1.82, 2.24) is 4.90 Å². The Morgan fingerprint density at radius 1 is 1.18 bits per heavy atom. The molecule has 2 aromatic carbocycles. The molecule has 0 bridgehead atoms. The summed E-state index contributed by atoms with van der Waals surface area (Å²) in [7, 11) is 1.62. The van der Waals surface area contributed by atoms with Crippen LogP contribution in [0, 0.1) is 13.8 Å². The van der Waals surface area contributed by atoms with Gasteiger partial charge >= 0.3 is 0 Å². The summed E-state index contributed by atoms with van der Waals surface area (Å²) in [5, 5.41) is 0.707. The number of rotatable bonds is 4. The van der Waals surface area contributed by atoms with E-state index >= 15 is 0 Å². The van der Waals surface area contributed by atoms with Gasteiger partial charge in [0.2, 0.25) is 0 Å². The maximum Gasteiger partial charge on any atom is 0.266 e. The molecular weight excluding hydrogens is 504 g/mol. The van der Waals surface area contributed by atoms with Crippen LogP contribution in [0.3, 0.4) is 0 Å². The summed E-state index contributed by atoms with van der Waals surface area (Å²) in [5.41, 5.74) is 4.03. The van der Waals surface area contributed by atoms with Crippen molar-refractivity contribution >= 4 is 66.5 Å². The van der Waals surface area contributed by atoms with Crippen molar-refractivity contribution in [3.05, 3.63) is 60.9 Å². The normalized spacial score (nSPS) is 17.1. The van der Waals surface area contributed by atoms with E-state index in [1.54, 1.807) is 12.0 Å². The number of benzene rings is 2. The number of aliphatic imine (C=N–C) groups is 1. The Hall–Kier alpha value is -1.57. The molecule has 1 fully saturated rings. The number of hydrogen-bond donors (Lipinski definition) is 0. The van der Waals surface area contributed by atoms with Gasteiger partial charge in [-0.25, -0.2) is 4.99 Å².